The molecule has 2 rings (SSSR count). The maximum atomic E-state index is 11.7. The van der Waals surface area contributed by atoms with Gasteiger partial charge in [0.2, 0.25) is 5.91 Å². The van der Waals surface area contributed by atoms with Gasteiger partial charge in [-0.25, -0.2) is 0 Å². The summed E-state index contributed by atoms with van der Waals surface area (Å²) in [5.74, 6) is 2.33. The average Bonchev–Trinajstić information content (AvgIpc) is 2.96. The van der Waals surface area contributed by atoms with E-state index in [4.69, 9.17) is 4.74 Å². The van der Waals surface area contributed by atoms with E-state index in [-0.39, 0.29) is 5.91 Å². The lowest BCUT2D eigenvalue weighted by molar-refractivity contribution is -0.118. The van der Waals surface area contributed by atoms with E-state index in [1.807, 2.05) is 24.3 Å². The topological polar surface area (TPSA) is 50.7 Å². The first-order valence-electron chi connectivity index (χ1n) is 5.97. The van der Waals surface area contributed by atoms with Gasteiger partial charge in [-0.05, 0) is 17.7 Å². The molecule has 1 aliphatic heterocycles. The zero-order valence-corrected chi connectivity index (χ0v) is 12.4. The van der Waals surface area contributed by atoms with E-state index in [0.717, 1.165) is 28.0 Å². The predicted molar refractivity (Wildman–Crippen MR) is 82.1 cm³/mol. The molecule has 0 radical (unpaired) electrons. The van der Waals surface area contributed by atoms with Gasteiger partial charge in [0.25, 0.3) is 0 Å². The summed E-state index contributed by atoms with van der Waals surface area (Å²) in [5.41, 5.74) is 1.06. The molecule has 6 heteroatoms. The lowest BCUT2D eigenvalue weighted by Gasteiger charge is -2.06. The highest BCUT2D eigenvalue weighted by molar-refractivity contribution is 8.39. The molecule has 0 unspecified atom stereocenters. The Labute approximate surface area is 121 Å². The summed E-state index contributed by atoms with van der Waals surface area (Å²) in [6.07, 6.45) is 0. The largest absolute Gasteiger partial charge is 0.497 e. The van der Waals surface area contributed by atoms with Crippen LogP contribution in [0.2, 0.25) is 0 Å². The Morgan fingerprint density at radius 3 is 2.89 bits per heavy atom. The number of nitrogens with one attached hydrogen (secondary N) is 1. The number of methoxy groups -OCH3 is 1. The molecule has 4 nitrogen and oxygen atoms in total. The van der Waals surface area contributed by atoms with E-state index in [1.165, 1.54) is 11.8 Å². The summed E-state index contributed by atoms with van der Waals surface area (Å²) >= 11 is 3.24. The number of amides is 1. The van der Waals surface area contributed by atoms with Crippen LogP contribution in [0.1, 0.15) is 5.56 Å². The second kappa shape index (κ2) is 7.45. The van der Waals surface area contributed by atoms with Crippen LogP contribution < -0.4 is 10.1 Å². The molecule has 0 atom stereocenters. The molecule has 1 aliphatic rings. The second-order valence-corrected chi connectivity index (χ2v) is 6.22. The summed E-state index contributed by atoms with van der Waals surface area (Å²) in [5, 5.41) is 2.90. The lowest BCUT2D eigenvalue weighted by atomic mass is 10.2. The van der Waals surface area contributed by atoms with Crippen LogP contribution in [0, 0.1) is 0 Å². The van der Waals surface area contributed by atoms with Crippen LogP contribution in [0.5, 0.6) is 5.75 Å². The highest BCUT2D eigenvalue weighted by atomic mass is 32.2. The summed E-state index contributed by atoms with van der Waals surface area (Å²) in [4.78, 5) is 16.0. The number of carbonyl (C=O) groups excluding carboxylic acids is 1. The van der Waals surface area contributed by atoms with Crippen LogP contribution in [-0.2, 0) is 11.3 Å². The van der Waals surface area contributed by atoms with Gasteiger partial charge in [0.15, 0.2) is 0 Å². The van der Waals surface area contributed by atoms with E-state index in [9.17, 15) is 4.79 Å². The monoisotopic (exact) mass is 296 g/mol. The highest BCUT2D eigenvalue weighted by Crippen LogP contribution is 2.21. The maximum Gasteiger partial charge on any atom is 0.230 e. The van der Waals surface area contributed by atoms with Gasteiger partial charge in [-0.3, -0.25) is 9.79 Å². The van der Waals surface area contributed by atoms with Crippen molar-refractivity contribution < 1.29 is 9.53 Å². The number of rotatable bonds is 5. The Morgan fingerprint density at radius 2 is 2.26 bits per heavy atom. The van der Waals surface area contributed by atoms with Crippen molar-refractivity contribution >= 4 is 33.8 Å². The van der Waals surface area contributed by atoms with Gasteiger partial charge in [-0.1, -0.05) is 35.7 Å². The van der Waals surface area contributed by atoms with Gasteiger partial charge >= 0.3 is 0 Å². The Kier molecular flexibility index (Phi) is 5.60. The molecule has 1 heterocycles. The maximum absolute atomic E-state index is 11.7. The van der Waals surface area contributed by atoms with E-state index >= 15 is 0 Å². The van der Waals surface area contributed by atoms with Crippen LogP contribution in [0.4, 0.5) is 0 Å². The second-order valence-electron chi connectivity index (χ2n) is 3.91. The third-order valence-electron chi connectivity index (χ3n) is 2.53. The molecule has 0 aliphatic carbocycles. The molecule has 0 bridgehead atoms. The number of nitrogens with zero attached hydrogens (tertiary/aromatic N) is 1. The molecule has 0 spiro atoms. The lowest BCUT2D eigenvalue weighted by Crippen LogP contribution is -2.24. The first-order chi connectivity index (χ1) is 9.28. The SMILES string of the molecule is COc1ccc(CNC(=O)CSC2=NCCS2)cc1. The minimum absolute atomic E-state index is 0.0380. The molecule has 19 heavy (non-hydrogen) atoms. The smallest absolute Gasteiger partial charge is 0.230 e. The van der Waals surface area contributed by atoms with Crippen molar-refractivity contribution in [3.63, 3.8) is 0 Å². The molecule has 102 valence electrons. The summed E-state index contributed by atoms with van der Waals surface area (Å²) in [6, 6.07) is 7.67. The van der Waals surface area contributed by atoms with Gasteiger partial charge in [0.1, 0.15) is 10.1 Å². The molecule has 0 saturated heterocycles. The molecule has 0 saturated carbocycles. The number of ether oxygens (including phenoxy) is 1. The van der Waals surface area contributed by atoms with Crippen LogP contribution in [0.25, 0.3) is 0 Å². The third-order valence-corrected chi connectivity index (χ3v) is 4.79. The van der Waals surface area contributed by atoms with Crippen LogP contribution in [-0.4, -0.2) is 35.4 Å². The van der Waals surface area contributed by atoms with Gasteiger partial charge < -0.3 is 10.1 Å². The van der Waals surface area contributed by atoms with E-state index in [0.29, 0.717) is 12.3 Å². The molecule has 1 aromatic rings. The minimum atomic E-state index is 0.0380. The molecule has 1 N–H and O–H groups in total. The van der Waals surface area contributed by atoms with E-state index in [1.54, 1.807) is 18.9 Å². The van der Waals surface area contributed by atoms with Crippen molar-refractivity contribution in [2.75, 3.05) is 25.2 Å². The quantitative estimate of drug-likeness (QED) is 0.904. The first-order valence-corrected chi connectivity index (χ1v) is 7.95. The zero-order valence-electron chi connectivity index (χ0n) is 10.7. The fourth-order valence-electron chi connectivity index (χ4n) is 1.53. The highest BCUT2D eigenvalue weighted by Gasteiger charge is 2.10. The minimum Gasteiger partial charge on any atom is -0.497 e. The van der Waals surface area contributed by atoms with Crippen molar-refractivity contribution in [1.82, 2.24) is 5.32 Å². The molecular formula is C13H16N2O2S2. The van der Waals surface area contributed by atoms with Gasteiger partial charge in [0, 0.05) is 12.3 Å². The zero-order chi connectivity index (χ0) is 13.5. The van der Waals surface area contributed by atoms with Crippen molar-refractivity contribution in [2.45, 2.75) is 6.54 Å². The Bertz CT molecular complexity index is 460. The third kappa shape index (κ3) is 4.80. The number of hydrogen-bond donors (Lipinski definition) is 1. The number of thioether (sulfide) groups is 2. The Balaban J connectivity index is 1.70. The van der Waals surface area contributed by atoms with E-state index < -0.39 is 0 Å². The van der Waals surface area contributed by atoms with Crippen LogP contribution in [0.15, 0.2) is 29.3 Å². The van der Waals surface area contributed by atoms with Crippen molar-refractivity contribution in [3.8, 4) is 5.75 Å². The van der Waals surface area contributed by atoms with Crippen LogP contribution in [0.3, 0.4) is 0 Å². The van der Waals surface area contributed by atoms with E-state index in [2.05, 4.69) is 10.3 Å². The molecule has 1 amide bonds. The molecule has 1 aromatic carbocycles. The number of aliphatic imine (C=N–C) groups is 1. The first kappa shape index (κ1) is 14.3. The number of benzene rings is 1. The summed E-state index contributed by atoms with van der Waals surface area (Å²) in [7, 11) is 1.64. The van der Waals surface area contributed by atoms with Crippen molar-refractivity contribution in [1.29, 1.82) is 0 Å². The van der Waals surface area contributed by atoms with Gasteiger partial charge in [-0.2, -0.15) is 0 Å². The number of hydrogen-bond acceptors (Lipinski definition) is 5. The summed E-state index contributed by atoms with van der Waals surface area (Å²) < 4.78 is 6.11. The predicted octanol–water partition coefficient (Wildman–Crippen LogP) is 2.15. The van der Waals surface area contributed by atoms with Crippen LogP contribution >= 0.6 is 23.5 Å². The number of carbonyl (C=O) groups is 1. The Morgan fingerprint density at radius 1 is 1.47 bits per heavy atom. The standard InChI is InChI=1S/C13H16N2O2S2/c1-17-11-4-2-10(3-5-11)8-15-12(16)9-19-13-14-6-7-18-13/h2-5H,6-9H2,1H3,(H,15,16). The average molecular weight is 296 g/mol. The summed E-state index contributed by atoms with van der Waals surface area (Å²) in [6.45, 7) is 1.42. The van der Waals surface area contributed by atoms with Gasteiger partial charge in [0.05, 0.1) is 19.4 Å². The molecular weight excluding hydrogens is 280 g/mol. The van der Waals surface area contributed by atoms with Crippen molar-refractivity contribution in [3.05, 3.63) is 29.8 Å². The van der Waals surface area contributed by atoms with Crippen molar-refractivity contribution in [2.24, 2.45) is 4.99 Å². The molecule has 0 aromatic heterocycles. The fourth-order valence-corrected chi connectivity index (χ4v) is 3.36. The fraction of sp³-hybridized carbons (Fsp3) is 0.385. The normalized spacial score (nSPS) is 14.1. The van der Waals surface area contributed by atoms with Gasteiger partial charge in [-0.15, -0.1) is 0 Å². The molecule has 0 fully saturated rings. The Hall–Kier alpha value is -1.14.